The van der Waals surface area contributed by atoms with Gasteiger partial charge in [0.2, 0.25) is 11.8 Å². The summed E-state index contributed by atoms with van der Waals surface area (Å²) in [5.41, 5.74) is 5.87. The zero-order valence-corrected chi connectivity index (χ0v) is 38.1. The van der Waals surface area contributed by atoms with E-state index >= 15 is 0 Å². The number of imidazole rings is 2. The Kier molecular flexibility index (Phi) is 13.4. The summed E-state index contributed by atoms with van der Waals surface area (Å²) in [5, 5.41) is 7.85. The molecule has 1 unspecified atom stereocenters. The van der Waals surface area contributed by atoms with Crippen LogP contribution in [0.5, 0.6) is 0 Å². The first kappa shape index (κ1) is 44.9. The number of rotatable bonds is 11. The van der Waals surface area contributed by atoms with E-state index in [0.717, 1.165) is 68.9 Å². The Morgan fingerprint density at radius 1 is 0.606 bits per heavy atom. The van der Waals surface area contributed by atoms with E-state index in [1.165, 1.54) is 14.2 Å². The smallest absolute Gasteiger partial charge is 0.407 e. The Balaban J connectivity index is 0.875. The van der Waals surface area contributed by atoms with E-state index in [0.29, 0.717) is 65.2 Å². The predicted octanol–water partition coefficient (Wildman–Crippen LogP) is 7.41. The third-order valence-corrected chi connectivity index (χ3v) is 14.0. The summed E-state index contributed by atoms with van der Waals surface area (Å²) in [4.78, 5) is 73.4. The minimum Gasteiger partial charge on any atom is -0.453 e. The van der Waals surface area contributed by atoms with Crippen molar-refractivity contribution in [2.75, 3.05) is 53.7 Å². The van der Waals surface area contributed by atoms with Gasteiger partial charge in [-0.2, -0.15) is 0 Å². The molecule has 5 aromatic rings. The first-order valence-electron chi connectivity index (χ1n) is 23.3. The molecule has 348 valence electrons. The number of hydrogen-bond donors (Lipinski definition) is 4. The number of methoxy groups -OCH3 is 2. The van der Waals surface area contributed by atoms with E-state index < -0.39 is 24.3 Å². The molecule has 6 heterocycles. The largest absolute Gasteiger partial charge is 0.453 e. The molecule has 2 aromatic heterocycles. The third kappa shape index (κ3) is 9.52. The molecule has 4 aliphatic rings. The van der Waals surface area contributed by atoms with Gasteiger partial charge in [0.15, 0.2) is 0 Å². The summed E-state index contributed by atoms with van der Waals surface area (Å²) in [6, 6.07) is 19.3. The lowest BCUT2D eigenvalue weighted by Crippen LogP contribution is -2.53. The molecule has 0 bridgehead atoms. The van der Waals surface area contributed by atoms with Crippen LogP contribution in [0.25, 0.3) is 44.4 Å². The number of fused-ring (bicyclic) bond motifs is 1. The lowest BCUT2D eigenvalue weighted by molar-refractivity contribution is -0.137. The highest BCUT2D eigenvalue weighted by atomic mass is 16.5. The van der Waals surface area contributed by atoms with Crippen molar-refractivity contribution in [3.8, 4) is 33.6 Å². The molecule has 4 aliphatic heterocycles. The number of carbonyl (C=O) groups excluding carboxylic acids is 4. The van der Waals surface area contributed by atoms with Gasteiger partial charge in [-0.25, -0.2) is 19.6 Å². The van der Waals surface area contributed by atoms with E-state index in [-0.39, 0.29) is 47.6 Å². The van der Waals surface area contributed by atoms with Gasteiger partial charge in [-0.15, -0.1) is 0 Å². The standard InChI is InChI=1S/C50H60N8O8/c1-29-21-41(57(27-29)47(59)43(55-49(61)63-3)33-13-17-65-18-14-33)45-51-25-39(53-45)32-7-5-31(6-8-32)35-9-10-37-24-38(12-11-36(37)23-35)40-26-52-46(54-40)42-22-30(2)28-58(42)48(60)44(56-50(62)64-4)34-15-19-66-20-16-34/h5-12,23-26,29-30,33-34,41-44H,13-22,27-28H2,1-4H3,(H,51,53)(H,52,54)(H,55,61)(H,56,62)/t29-,30-,41-,42-,43?,44-/m0/s1. The van der Waals surface area contributed by atoms with Crippen LogP contribution in [0.1, 0.15) is 76.1 Å². The molecule has 0 spiro atoms. The first-order valence-corrected chi connectivity index (χ1v) is 23.3. The van der Waals surface area contributed by atoms with Crippen molar-refractivity contribution in [1.29, 1.82) is 0 Å². The van der Waals surface area contributed by atoms with Gasteiger partial charge >= 0.3 is 12.2 Å². The summed E-state index contributed by atoms with van der Waals surface area (Å²) in [7, 11) is 2.62. The number of H-pyrrole nitrogens is 2. The van der Waals surface area contributed by atoms with Crippen molar-refractivity contribution in [1.82, 2.24) is 40.4 Å². The van der Waals surface area contributed by atoms with E-state index in [1.807, 2.05) is 22.2 Å². The van der Waals surface area contributed by atoms with Crippen LogP contribution < -0.4 is 10.6 Å². The molecular formula is C50H60N8O8. The number of aromatic amines is 2. The van der Waals surface area contributed by atoms with E-state index in [1.54, 1.807) is 0 Å². The van der Waals surface area contributed by atoms with Gasteiger partial charge in [0.25, 0.3) is 0 Å². The van der Waals surface area contributed by atoms with Gasteiger partial charge in [-0.05, 0) is 102 Å². The first-order chi connectivity index (χ1) is 32.1. The fourth-order valence-corrected chi connectivity index (χ4v) is 10.4. The number of hydrogen-bond acceptors (Lipinski definition) is 10. The summed E-state index contributed by atoms with van der Waals surface area (Å²) in [5.74, 6) is 1.68. The molecule has 9 rings (SSSR count). The molecule has 0 radical (unpaired) electrons. The van der Waals surface area contributed by atoms with Crippen LogP contribution >= 0.6 is 0 Å². The second-order valence-electron chi connectivity index (χ2n) is 18.5. The molecule has 4 N–H and O–H groups in total. The minimum absolute atomic E-state index is 0.0378. The predicted molar refractivity (Wildman–Crippen MR) is 247 cm³/mol. The molecule has 4 fully saturated rings. The zero-order valence-electron chi connectivity index (χ0n) is 38.1. The van der Waals surface area contributed by atoms with Crippen LogP contribution in [0.15, 0.2) is 73.1 Å². The Labute approximate surface area is 384 Å². The quantitative estimate of drug-likeness (QED) is 0.104. The summed E-state index contributed by atoms with van der Waals surface area (Å²) < 4.78 is 20.9. The van der Waals surface area contributed by atoms with E-state index in [4.69, 9.17) is 28.9 Å². The number of ether oxygens (including phenoxy) is 4. The van der Waals surface area contributed by atoms with E-state index in [2.05, 4.69) is 95.1 Å². The van der Waals surface area contributed by atoms with Gasteiger partial charge in [-0.3, -0.25) is 9.59 Å². The molecule has 0 saturated carbocycles. The zero-order chi connectivity index (χ0) is 45.9. The molecule has 3 aromatic carbocycles. The Bertz CT molecular complexity index is 2530. The number of benzene rings is 3. The van der Waals surface area contributed by atoms with Crippen molar-refractivity contribution >= 4 is 34.8 Å². The fraction of sp³-hybridized carbons (Fsp3) is 0.480. The topological polar surface area (TPSA) is 193 Å². The van der Waals surface area contributed by atoms with Crippen molar-refractivity contribution in [2.24, 2.45) is 23.7 Å². The van der Waals surface area contributed by atoms with E-state index in [9.17, 15) is 19.2 Å². The normalized spacial score (nSPS) is 22.5. The molecule has 0 aliphatic carbocycles. The maximum absolute atomic E-state index is 14.2. The Morgan fingerprint density at radius 3 is 1.48 bits per heavy atom. The number of likely N-dealkylation sites (tertiary alicyclic amines) is 2. The molecule has 66 heavy (non-hydrogen) atoms. The van der Waals surface area contributed by atoms with Crippen LogP contribution in [0, 0.1) is 23.7 Å². The maximum atomic E-state index is 14.2. The SMILES string of the molecule is COC(=O)NC(C(=O)N1C[C@@H](C)C[C@H]1c1ncc(-c2ccc(-c3ccc4cc(-c5cnc([C@@H]6C[C@H](C)CN6C(=O)[C@@H](NC(=O)OC)C6CCOCC6)[nH]5)ccc4c3)cc2)[nH]1)C1CCOCC1. The third-order valence-electron chi connectivity index (χ3n) is 14.0. The Hall–Kier alpha value is -6.26. The monoisotopic (exact) mass is 900 g/mol. The molecule has 4 amide bonds. The van der Waals surface area contributed by atoms with Crippen molar-refractivity contribution in [3.05, 3.63) is 84.7 Å². The average molecular weight is 901 g/mol. The number of nitrogens with zero attached hydrogens (tertiary/aromatic N) is 4. The van der Waals surface area contributed by atoms with Gasteiger partial charge < -0.3 is 49.3 Å². The number of alkyl carbamates (subject to hydrolysis) is 2. The molecular weight excluding hydrogens is 841 g/mol. The van der Waals surface area contributed by atoms with Gasteiger partial charge in [0, 0.05) is 45.1 Å². The van der Waals surface area contributed by atoms with Crippen molar-refractivity contribution < 1.29 is 38.1 Å². The molecule has 16 heteroatoms. The van der Waals surface area contributed by atoms with Crippen molar-refractivity contribution in [3.63, 3.8) is 0 Å². The fourth-order valence-electron chi connectivity index (χ4n) is 10.4. The van der Waals surface area contributed by atoms with Gasteiger partial charge in [0.1, 0.15) is 23.7 Å². The highest BCUT2D eigenvalue weighted by Crippen LogP contribution is 2.39. The summed E-state index contributed by atoms with van der Waals surface area (Å²) in [6.45, 7) is 7.65. The minimum atomic E-state index is -0.699. The van der Waals surface area contributed by atoms with Gasteiger partial charge in [0.05, 0.1) is 50.1 Å². The van der Waals surface area contributed by atoms with Crippen LogP contribution in [0.4, 0.5) is 9.59 Å². The molecule has 4 saturated heterocycles. The molecule has 16 nitrogen and oxygen atoms in total. The van der Waals surface area contributed by atoms with Crippen molar-refractivity contribution in [2.45, 2.75) is 76.5 Å². The summed E-state index contributed by atoms with van der Waals surface area (Å²) >= 11 is 0. The summed E-state index contributed by atoms with van der Waals surface area (Å²) in [6.07, 6.45) is 6.71. The van der Waals surface area contributed by atoms with Crippen LogP contribution in [0.3, 0.4) is 0 Å². The lowest BCUT2D eigenvalue weighted by Gasteiger charge is -2.34. The number of carbonyl (C=O) groups is 4. The van der Waals surface area contributed by atoms with Crippen LogP contribution in [0.2, 0.25) is 0 Å². The van der Waals surface area contributed by atoms with Gasteiger partial charge in [-0.1, -0.05) is 62.4 Å². The maximum Gasteiger partial charge on any atom is 0.407 e. The number of aromatic nitrogens is 4. The Morgan fingerprint density at radius 2 is 1.02 bits per heavy atom. The molecule has 6 atom stereocenters. The average Bonchev–Trinajstić information content (AvgIpc) is 4.19. The number of nitrogens with one attached hydrogen (secondary N) is 4. The number of amides is 4. The lowest BCUT2D eigenvalue weighted by atomic mass is 9.90. The highest BCUT2D eigenvalue weighted by molar-refractivity contribution is 5.91. The highest BCUT2D eigenvalue weighted by Gasteiger charge is 2.44. The second kappa shape index (κ2) is 19.7. The second-order valence-corrected chi connectivity index (χ2v) is 18.5. The van der Waals surface area contributed by atoms with Crippen LogP contribution in [-0.4, -0.2) is 120 Å². The van der Waals surface area contributed by atoms with Crippen LogP contribution in [-0.2, 0) is 28.5 Å².